The van der Waals surface area contributed by atoms with Gasteiger partial charge in [0.2, 0.25) is 0 Å². The van der Waals surface area contributed by atoms with Crippen LogP contribution in [0.1, 0.15) is 41.9 Å². The molecule has 3 aromatic heterocycles. The predicted octanol–water partition coefficient (Wildman–Crippen LogP) is 4.10. The van der Waals surface area contributed by atoms with E-state index in [0.717, 1.165) is 22.2 Å². The number of aryl methyl sites for hydroxylation is 1. The lowest BCUT2D eigenvalue weighted by atomic mass is 9.62. The number of aromatic nitrogens is 5. The Labute approximate surface area is 221 Å². The van der Waals surface area contributed by atoms with Crippen molar-refractivity contribution in [2.45, 2.75) is 49.7 Å². The summed E-state index contributed by atoms with van der Waals surface area (Å²) in [6.07, 6.45) is -1.54. The van der Waals surface area contributed by atoms with Crippen molar-refractivity contribution in [3.63, 3.8) is 0 Å². The number of benzene rings is 1. The van der Waals surface area contributed by atoms with Crippen LogP contribution < -0.4 is 5.56 Å². The van der Waals surface area contributed by atoms with Crippen LogP contribution in [-0.2, 0) is 29.9 Å². The van der Waals surface area contributed by atoms with E-state index in [0.29, 0.717) is 37.2 Å². The number of hydrogen-bond acceptors (Lipinski definition) is 5. The first kappa shape index (κ1) is 25.8. The van der Waals surface area contributed by atoms with Crippen molar-refractivity contribution in [1.82, 2.24) is 29.2 Å². The minimum absolute atomic E-state index is 0.00174. The first-order valence-corrected chi connectivity index (χ1v) is 12.8. The highest BCUT2D eigenvalue weighted by molar-refractivity contribution is 5.84. The van der Waals surface area contributed by atoms with E-state index >= 15 is 0 Å². The van der Waals surface area contributed by atoms with E-state index in [1.54, 1.807) is 31.6 Å². The van der Waals surface area contributed by atoms with Gasteiger partial charge in [-0.3, -0.25) is 14.3 Å². The van der Waals surface area contributed by atoms with Crippen LogP contribution >= 0.6 is 0 Å². The average Bonchev–Trinajstić information content (AvgIpc) is 3.59. The summed E-state index contributed by atoms with van der Waals surface area (Å²) >= 11 is 0. The number of fused-ring (bicyclic) bond motifs is 1. The number of pyridine rings is 1. The molecule has 1 saturated heterocycles. The Hall–Kier alpha value is -3.51. The molecule has 0 amide bonds. The molecule has 4 heterocycles. The second kappa shape index (κ2) is 9.30. The number of rotatable bonds is 6. The minimum atomic E-state index is -4.69. The lowest BCUT2D eigenvalue weighted by Gasteiger charge is -2.46. The molecule has 2 aliphatic rings. The molecule has 0 radical (unpaired) electrons. The van der Waals surface area contributed by atoms with Crippen LogP contribution in [0.15, 0.2) is 47.7 Å². The van der Waals surface area contributed by atoms with Gasteiger partial charge in [-0.25, -0.2) is 4.39 Å². The molecular formula is C27H28F4N6O2. The van der Waals surface area contributed by atoms with E-state index in [4.69, 9.17) is 4.74 Å². The maximum absolute atomic E-state index is 14.2. The molecule has 0 bridgehead atoms. The van der Waals surface area contributed by atoms with Crippen molar-refractivity contribution in [1.29, 1.82) is 0 Å². The number of alkyl halides is 4. The quantitative estimate of drug-likeness (QED) is 0.370. The maximum atomic E-state index is 14.2. The third-order valence-electron chi connectivity index (χ3n) is 8.07. The molecule has 1 atom stereocenters. The standard InChI is InChI=1S/C27H28F4N6O2/c1-35-15-32-34-25(35)26(10-20(11-26)39-2)16-4-3-5-19(8-16)37-14-22(27(29,30)31)21-9-18(33-23(21)24(37)38)13-36-7-6-17(28)12-36/h3-5,8-9,14-15,17,20,33H,6-7,10-13H2,1-2H3/t17-,20?,26?/m0/s1. The SMILES string of the molecule is COC1CC(c2cccc(-n3cc(C(F)(F)F)c4cc(CN5CC[C@H](F)C5)[nH]c4c3=O)c2)(c2nncn2C)C1. The van der Waals surface area contributed by atoms with Crippen molar-refractivity contribution >= 4 is 10.9 Å². The van der Waals surface area contributed by atoms with Gasteiger partial charge in [0.1, 0.15) is 23.8 Å². The molecule has 1 saturated carbocycles. The second-order valence-electron chi connectivity index (χ2n) is 10.6. The number of aromatic amines is 1. The first-order chi connectivity index (χ1) is 18.6. The van der Waals surface area contributed by atoms with Gasteiger partial charge in [0.15, 0.2) is 0 Å². The average molecular weight is 545 g/mol. The summed E-state index contributed by atoms with van der Waals surface area (Å²) in [5.41, 5.74) is -0.633. The first-order valence-electron chi connectivity index (χ1n) is 12.8. The molecule has 1 N–H and O–H groups in total. The zero-order valence-corrected chi connectivity index (χ0v) is 21.5. The molecule has 0 unspecified atom stereocenters. The van der Waals surface area contributed by atoms with Crippen molar-refractivity contribution in [3.8, 4) is 5.69 Å². The van der Waals surface area contributed by atoms with Gasteiger partial charge in [0, 0.05) is 56.8 Å². The summed E-state index contributed by atoms with van der Waals surface area (Å²) in [5, 5.41) is 8.15. The highest BCUT2D eigenvalue weighted by atomic mass is 19.4. The van der Waals surface area contributed by atoms with Gasteiger partial charge >= 0.3 is 6.18 Å². The van der Waals surface area contributed by atoms with E-state index in [1.165, 1.54) is 6.07 Å². The summed E-state index contributed by atoms with van der Waals surface area (Å²) in [7, 11) is 3.48. The smallest absolute Gasteiger partial charge is 0.381 e. The van der Waals surface area contributed by atoms with E-state index in [1.807, 2.05) is 22.6 Å². The number of nitrogens with zero attached hydrogens (tertiary/aromatic N) is 5. The molecule has 2 fully saturated rings. The van der Waals surface area contributed by atoms with Crippen LogP contribution in [0.4, 0.5) is 17.6 Å². The monoisotopic (exact) mass is 544 g/mol. The summed E-state index contributed by atoms with van der Waals surface area (Å²) in [5.74, 6) is 0.721. The summed E-state index contributed by atoms with van der Waals surface area (Å²) in [6, 6.07) is 8.33. The lowest BCUT2D eigenvalue weighted by Crippen LogP contribution is -2.48. The number of likely N-dealkylation sites (tertiary alicyclic amines) is 1. The van der Waals surface area contributed by atoms with Gasteiger partial charge in [-0.05, 0) is 43.0 Å². The minimum Gasteiger partial charge on any atom is -0.381 e. The largest absolute Gasteiger partial charge is 0.418 e. The van der Waals surface area contributed by atoms with Crippen LogP contribution in [0.3, 0.4) is 0 Å². The van der Waals surface area contributed by atoms with Gasteiger partial charge in [-0.2, -0.15) is 13.2 Å². The van der Waals surface area contributed by atoms with Gasteiger partial charge in [-0.1, -0.05) is 12.1 Å². The van der Waals surface area contributed by atoms with E-state index in [9.17, 15) is 22.4 Å². The number of hydrogen-bond donors (Lipinski definition) is 1. The van der Waals surface area contributed by atoms with Crippen molar-refractivity contribution in [2.75, 3.05) is 20.2 Å². The third-order valence-corrected chi connectivity index (χ3v) is 8.07. The zero-order valence-electron chi connectivity index (χ0n) is 21.5. The van der Waals surface area contributed by atoms with Gasteiger partial charge in [0.25, 0.3) is 5.56 Å². The number of nitrogens with one attached hydrogen (secondary N) is 1. The molecule has 1 aliphatic heterocycles. The Morgan fingerprint density at radius 1 is 1.23 bits per heavy atom. The lowest BCUT2D eigenvalue weighted by molar-refractivity contribution is -0.136. The van der Waals surface area contributed by atoms with Crippen molar-refractivity contribution < 1.29 is 22.3 Å². The predicted molar refractivity (Wildman–Crippen MR) is 136 cm³/mol. The normalized spacial score (nSPS) is 23.9. The van der Waals surface area contributed by atoms with E-state index in [2.05, 4.69) is 15.2 Å². The number of ether oxygens (including phenoxy) is 1. The van der Waals surface area contributed by atoms with Crippen molar-refractivity contribution in [3.05, 3.63) is 75.9 Å². The molecule has 0 spiro atoms. The van der Waals surface area contributed by atoms with Crippen molar-refractivity contribution in [2.24, 2.45) is 7.05 Å². The molecule has 1 aliphatic carbocycles. The van der Waals surface area contributed by atoms with Gasteiger partial charge in [-0.15, -0.1) is 10.2 Å². The fourth-order valence-corrected chi connectivity index (χ4v) is 6.04. The molecule has 6 rings (SSSR count). The topological polar surface area (TPSA) is 81.0 Å². The zero-order chi connectivity index (χ0) is 27.5. The highest BCUT2D eigenvalue weighted by Gasteiger charge is 2.50. The number of methoxy groups -OCH3 is 1. The van der Waals surface area contributed by atoms with E-state index in [-0.39, 0.29) is 30.1 Å². The molecule has 206 valence electrons. The number of H-pyrrole nitrogens is 1. The third kappa shape index (κ3) is 4.35. The Morgan fingerprint density at radius 2 is 2.03 bits per heavy atom. The molecule has 4 aromatic rings. The van der Waals surface area contributed by atoms with Gasteiger partial charge in [0.05, 0.1) is 17.1 Å². The van der Waals surface area contributed by atoms with Crippen LogP contribution in [0.2, 0.25) is 0 Å². The summed E-state index contributed by atoms with van der Waals surface area (Å²) < 4.78 is 64.7. The fraction of sp³-hybridized carbons (Fsp3) is 0.444. The molecule has 8 nitrogen and oxygen atoms in total. The highest BCUT2D eigenvalue weighted by Crippen LogP contribution is 2.49. The Bertz CT molecular complexity index is 1580. The summed E-state index contributed by atoms with van der Waals surface area (Å²) in [4.78, 5) is 18.3. The van der Waals surface area contributed by atoms with Crippen LogP contribution in [0, 0.1) is 0 Å². The number of halogens is 4. The van der Waals surface area contributed by atoms with Gasteiger partial charge < -0.3 is 14.3 Å². The summed E-state index contributed by atoms with van der Waals surface area (Å²) in [6.45, 7) is 0.967. The Kier molecular flexibility index (Phi) is 6.14. The van der Waals surface area contributed by atoms with Crippen LogP contribution in [0.5, 0.6) is 0 Å². The van der Waals surface area contributed by atoms with E-state index < -0.39 is 28.9 Å². The molecule has 39 heavy (non-hydrogen) atoms. The maximum Gasteiger partial charge on any atom is 0.418 e. The molecule has 12 heteroatoms. The van der Waals surface area contributed by atoms with Crippen LogP contribution in [-0.4, -0.2) is 61.7 Å². The fourth-order valence-electron chi connectivity index (χ4n) is 6.04. The molecular weight excluding hydrogens is 516 g/mol. The molecule has 1 aromatic carbocycles. The Balaban J connectivity index is 1.46. The second-order valence-corrected chi connectivity index (χ2v) is 10.6. The Morgan fingerprint density at radius 3 is 2.67 bits per heavy atom. The van der Waals surface area contributed by atoms with Crippen LogP contribution in [0.25, 0.3) is 16.6 Å².